The summed E-state index contributed by atoms with van der Waals surface area (Å²) in [5.41, 5.74) is 4.44. The van der Waals surface area contributed by atoms with Crippen LogP contribution in [0, 0.1) is 5.41 Å². The van der Waals surface area contributed by atoms with Crippen LogP contribution in [0.5, 0.6) is 0 Å². The molecule has 0 amide bonds. The first-order chi connectivity index (χ1) is 17.7. The van der Waals surface area contributed by atoms with Gasteiger partial charge in [0, 0.05) is 37.0 Å². The zero-order valence-electron chi connectivity index (χ0n) is 21.7. The van der Waals surface area contributed by atoms with E-state index in [0.29, 0.717) is 32.4 Å². The van der Waals surface area contributed by atoms with Crippen molar-refractivity contribution < 1.29 is 18.3 Å². The quantitative estimate of drug-likeness (QED) is 0.224. The number of piperidine rings is 1. The number of anilines is 1. The molecule has 2 aromatic rings. The number of aliphatic hydroxyl groups is 1. The smallest absolute Gasteiger partial charge is 0.301 e. The molecule has 3 rings (SSSR count). The summed E-state index contributed by atoms with van der Waals surface area (Å²) in [6.07, 6.45) is 1.22. The normalized spacial score (nSPS) is 16.5. The monoisotopic (exact) mass is 531 g/mol. The maximum absolute atomic E-state index is 13.2. The van der Waals surface area contributed by atoms with Gasteiger partial charge in [0.25, 0.3) is 0 Å². The molecule has 1 atom stereocenters. The number of allylic oxidation sites excluding steroid dienone is 2. The average molecular weight is 532 g/mol. The lowest BCUT2D eigenvalue weighted by Gasteiger charge is -2.41. The van der Waals surface area contributed by atoms with Crippen LogP contribution >= 0.6 is 11.9 Å². The van der Waals surface area contributed by atoms with Crippen molar-refractivity contribution in [2.75, 3.05) is 17.8 Å². The van der Waals surface area contributed by atoms with Crippen molar-refractivity contribution in [2.24, 2.45) is 10.4 Å². The van der Waals surface area contributed by atoms with Crippen molar-refractivity contribution >= 4 is 35.1 Å². The fourth-order valence-electron chi connectivity index (χ4n) is 4.46. The highest BCUT2D eigenvalue weighted by Crippen LogP contribution is 2.40. The second-order valence-electron chi connectivity index (χ2n) is 9.71. The minimum absolute atomic E-state index is 0.213. The van der Waals surface area contributed by atoms with Gasteiger partial charge in [0.05, 0.1) is 10.6 Å². The Labute approximate surface area is 222 Å². The van der Waals surface area contributed by atoms with Crippen molar-refractivity contribution in [3.8, 4) is 0 Å². The van der Waals surface area contributed by atoms with Gasteiger partial charge in [-0.2, -0.15) is 8.78 Å². The molecule has 0 aromatic heterocycles. The van der Waals surface area contributed by atoms with E-state index in [1.807, 2.05) is 61.2 Å². The summed E-state index contributed by atoms with van der Waals surface area (Å²) in [6, 6.07) is 13.7. The fraction of sp³-hybridized carbons (Fsp3) is 0.414. The number of hydrogen-bond donors (Lipinski definition) is 2. The zero-order chi connectivity index (χ0) is 27.0. The van der Waals surface area contributed by atoms with E-state index >= 15 is 0 Å². The molecule has 37 heavy (non-hydrogen) atoms. The second kappa shape index (κ2) is 13.3. The number of hydrogen-bond acceptors (Lipinski definition) is 5. The fourth-order valence-corrected chi connectivity index (χ4v) is 5.22. The van der Waals surface area contributed by atoms with E-state index in [9.17, 15) is 18.3 Å². The summed E-state index contributed by atoms with van der Waals surface area (Å²) in [5.74, 6) is -1.32. The van der Waals surface area contributed by atoms with Crippen LogP contribution in [0.25, 0.3) is 5.57 Å². The van der Waals surface area contributed by atoms with Gasteiger partial charge in [-0.05, 0) is 79.3 Å². The topological polar surface area (TPSA) is 47.9 Å². The molecule has 0 aliphatic carbocycles. The first-order valence-electron chi connectivity index (χ1n) is 12.6. The molecule has 4 nitrogen and oxygen atoms in total. The van der Waals surface area contributed by atoms with Crippen LogP contribution in [0.4, 0.5) is 24.5 Å². The number of nitrogens with one attached hydrogen (secondary N) is 1. The molecule has 2 N–H and O–H groups in total. The van der Waals surface area contributed by atoms with E-state index in [0.717, 1.165) is 39.4 Å². The molecule has 2 aromatic carbocycles. The highest BCUT2D eigenvalue weighted by molar-refractivity contribution is 8.00. The van der Waals surface area contributed by atoms with E-state index < -0.39 is 18.1 Å². The van der Waals surface area contributed by atoms with E-state index in [1.165, 1.54) is 11.9 Å². The maximum Gasteiger partial charge on any atom is 0.301 e. The van der Waals surface area contributed by atoms with Crippen molar-refractivity contribution in [3.05, 3.63) is 72.1 Å². The highest BCUT2D eigenvalue weighted by Gasteiger charge is 2.33. The van der Waals surface area contributed by atoms with E-state index in [4.69, 9.17) is 0 Å². The molecule has 0 bridgehead atoms. The van der Waals surface area contributed by atoms with Gasteiger partial charge >= 0.3 is 6.08 Å². The van der Waals surface area contributed by atoms with Crippen molar-refractivity contribution in [3.63, 3.8) is 0 Å². The molecule has 8 heteroatoms. The Morgan fingerprint density at radius 3 is 2.46 bits per heavy atom. The minimum atomic E-state index is -2.22. The third kappa shape index (κ3) is 7.72. The van der Waals surface area contributed by atoms with E-state index in [1.54, 1.807) is 6.21 Å². The van der Waals surface area contributed by atoms with Crippen LogP contribution < -0.4 is 4.72 Å². The number of halogens is 3. The number of rotatable bonds is 11. The molecular weight excluding hydrogens is 495 g/mol. The number of nitrogens with zero attached hydrogens (tertiary/aromatic N) is 2. The predicted molar refractivity (Wildman–Crippen MR) is 149 cm³/mol. The van der Waals surface area contributed by atoms with Gasteiger partial charge in [-0.1, -0.05) is 44.7 Å². The SMILES string of the molecule is C=C(CC)c1cccc(SNc2ccc(C(O)N3CCC(C)(CCC(F)=C(F)F)CC3)cc2)c1N=CC. The maximum atomic E-state index is 13.2. The number of aliphatic imine (C=N–C) groups is 1. The Balaban J connectivity index is 1.58. The summed E-state index contributed by atoms with van der Waals surface area (Å²) in [4.78, 5) is 7.55. The van der Waals surface area contributed by atoms with E-state index in [-0.39, 0.29) is 11.8 Å². The van der Waals surface area contributed by atoms with Crippen LogP contribution in [-0.4, -0.2) is 29.3 Å². The van der Waals surface area contributed by atoms with Crippen molar-refractivity contribution in [2.45, 2.75) is 64.0 Å². The summed E-state index contributed by atoms with van der Waals surface area (Å²) >= 11 is 1.48. The third-order valence-corrected chi connectivity index (χ3v) is 7.94. The van der Waals surface area contributed by atoms with Crippen molar-refractivity contribution in [1.29, 1.82) is 0 Å². The zero-order valence-corrected chi connectivity index (χ0v) is 22.6. The lowest BCUT2D eigenvalue weighted by atomic mass is 9.76. The minimum Gasteiger partial charge on any atom is -0.374 e. The first-order valence-corrected chi connectivity index (χ1v) is 13.4. The third-order valence-electron chi connectivity index (χ3n) is 7.06. The average Bonchev–Trinajstić information content (AvgIpc) is 2.91. The van der Waals surface area contributed by atoms with Crippen LogP contribution in [0.15, 0.2) is 70.8 Å². The van der Waals surface area contributed by atoms with Crippen LogP contribution in [0.1, 0.15) is 70.2 Å². The Hall–Kier alpha value is -2.55. The Bertz CT molecular complexity index is 1120. The summed E-state index contributed by atoms with van der Waals surface area (Å²) < 4.78 is 41.4. The van der Waals surface area contributed by atoms with Gasteiger partial charge in [-0.25, -0.2) is 4.39 Å². The van der Waals surface area contributed by atoms with Gasteiger partial charge in [-0.15, -0.1) is 0 Å². The Kier molecular flexibility index (Phi) is 10.4. The van der Waals surface area contributed by atoms with Gasteiger partial charge in [0.2, 0.25) is 0 Å². The van der Waals surface area contributed by atoms with Gasteiger partial charge in [0.1, 0.15) is 6.23 Å². The lowest BCUT2D eigenvalue weighted by Crippen LogP contribution is -2.40. The summed E-state index contributed by atoms with van der Waals surface area (Å²) in [7, 11) is 0. The molecule has 1 fully saturated rings. The second-order valence-corrected chi connectivity index (χ2v) is 10.6. The standard InChI is InChI=1S/C29H36F3N3OS/c1-5-20(3)23-8-7-9-25(26(23)33-6-2)37-34-22-12-10-21(11-13-22)28(36)35-18-16-29(4,17-19-35)15-14-24(30)27(31)32/h6-13,28,34,36H,3,5,14-19H2,1-2,4H3. The predicted octanol–water partition coefficient (Wildman–Crippen LogP) is 8.90. The number of para-hydroxylation sites is 1. The van der Waals surface area contributed by atoms with Gasteiger partial charge in [0.15, 0.2) is 5.83 Å². The Morgan fingerprint density at radius 1 is 1.19 bits per heavy atom. The molecule has 1 aliphatic heterocycles. The molecule has 1 saturated heterocycles. The lowest BCUT2D eigenvalue weighted by molar-refractivity contribution is -0.0352. The largest absolute Gasteiger partial charge is 0.374 e. The summed E-state index contributed by atoms with van der Waals surface area (Å²) in [5, 5.41) is 10.9. The van der Waals surface area contributed by atoms with E-state index in [2.05, 4.69) is 23.2 Å². The Morgan fingerprint density at radius 2 is 1.86 bits per heavy atom. The molecule has 1 unspecified atom stereocenters. The molecule has 200 valence electrons. The number of benzene rings is 2. The molecule has 0 saturated carbocycles. The summed E-state index contributed by atoms with van der Waals surface area (Å²) in [6.45, 7) is 11.4. The van der Waals surface area contributed by atoms with Gasteiger partial charge in [-0.3, -0.25) is 9.89 Å². The first kappa shape index (κ1) is 29.0. The molecule has 0 spiro atoms. The van der Waals surface area contributed by atoms with Gasteiger partial charge < -0.3 is 9.83 Å². The van der Waals surface area contributed by atoms with Crippen LogP contribution in [0.3, 0.4) is 0 Å². The molecule has 1 heterocycles. The molecule has 0 radical (unpaired) electrons. The molecule has 1 aliphatic rings. The number of likely N-dealkylation sites (tertiary alicyclic amines) is 1. The highest BCUT2D eigenvalue weighted by atomic mass is 32.2. The van der Waals surface area contributed by atoms with Crippen LogP contribution in [-0.2, 0) is 0 Å². The van der Waals surface area contributed by atoms with Crippen molar-refractivity contribution in [1.82, 2.24) is 4.90 Å². The number of aliphatic hydroxyl groups excluding tert-OH is 1. The van der Waals surface area contributed by atoms with Crippen LogP contribution in [0.2, 0.25) is 0 Å². The molecular formula is C29H36F3N3OS.